The van der Waals surface area contributed by atoms with Gasteiger partial charge < -0.3 is 15.3 Å². The van der Waals surface area contributed by atoms with Crippen LogP contribution in [0.25, 0.3) is 0 Å². The van der Waals surface area contributed by atoms with Gasteiger partial charge in [-0.3, -0.25) is 4.79 Å². The average Bonchev–Trinajstić information content (AvgIpc) is 2.87. The number of rotatable bonds is 3. The average molecular weight is 254 g/mol. The lowest BCUT2D eigenvalue weighted by Gasteiger charge is -2.39. The molecular formula is C13H22N2O3. The highest BCUT2D eigenvalue weighted by Gasteiger charge is 2.45. The van der Waals surface area contributed by atoms with Gasteiger partial charge in [-0.15, -0.1) is 0 Å². The van der Waals surface area contributed by atoms with E-state index < -0.39 is 12.0 Å². The Morgan fingerprint density at radius 1 is 1.44 bits per heavy atom. The number of nitrogens with one attached hydrogen (secondary N) is 1. The van der Waals surface area contributed by atoms with Crippen LogP contribution in [0.4, 0.5) is 0 Å². The Morgan fingerprint density at radius 3 is 2.78 bits per heavy atom. The van der Waals surface area contributed by atoms with Gasteiger partial charge >= 0.3 is 5.97 Å². The van der Waals surface area contributed by atoms with Crippen LogP contribution in [0.15, 0.2) is 0 Å². The molecule has 2 fully saturated rings. The molecule has 0 radical (unpaired) electrons. The van der Waals surface area contributed by atoms with Crippen molar-refractivity contribution in [2.45, 2.75) is 45.1 Å². The van der Waals surface area contributed by atoms with Gasteiger partial charge in [0.15, 0.2) is 0 Å². The van der Waals surface area contributed by atoms with Gasteiger partial charge in [-0.05, 0) is 38.6 Å². The van der Waals surface area contributed by atoms with Crippen LogP contribution in [-0.4, -0.2) is 47.6 Å². The van der Waals surface area contributed by atoms with E-state index >= 15 is 0 Å². The van der Waals surface area contributed by atoms with E-state index in [0.717, 1.165) is 32.2 Å². The van der Waals surface area contributed by atoms with Gasteiger partial charge in [-0.1, -0.05) is 6.92 Å². The molecule has 2 rings (SSSR count). The van der Waals surface area contributed by atoms with Crippen molar-refractivity contribution in [1.82, 2.24) is 10.2 Å². The second kappa shape index (κ2) is 5.26. The van der Waals surface area contributed by atoms with Gasteiger partial charge in [0.25, 0.3) is 0 Å². The maximum absolute atomic E-state index is 12.7. The summed E-state index contributed by atoms with van der Waals surface area (Å²) < 4.78 is 0. The van der Waals surface area contributed by atoms with Crippen molar-refractivity contribution in [1.29, 1.82) is 0 Å². The van der Waals surface area contributed by atoms with Gasteiger partial charge in [0.1, 0.15) is 6.04 Å². The molecule has 2 aliphatic rings. The van der Waals surface area contributed by atoms with Crippen LogP contribution >= 0.6 is 0 Å². The lowest BCUT2D eigenvalue weighted by molar-refractivity contribution is -0.157. The van der Waals surface area contributed by atoms with E-state index in [0.29, 0.717) is 19.5 Å². The molecule has 0 bridgehead atoms. The first-order chi connectivity index (χ1) is 8.60. The number of carbonyl (C=O) groups excluding carboxylic acids is 1. The zero-order valence-electron chi connectivity index (χ0n) is 10.9. The summed E-state index contributed by atoms with van der Waals surface area (Å²) in [7, 11) is 0. The molecule has 0 aliphatic carbocycles. The van der Waals surface area contributed by atoms with Crippen molar-refractivity contribution < 1.29 is 14.7 Å². The van der Waals surface area contributed by atoms with E-state index in [4.69, 9.17) is 0 Å². The van der Waals surface area contributed by atoms with Crippen LogP contribution in [0, 0.1) is 5.41 Å². The van der Waals surface area contributed by atoms with Crippen LogP contribution in [-0.2, 0) is 9.59 Å². The lowest BCUT2D eigenvalue weighted by Crippen LogP contribution is -2.54. The highest BCUT2D eigenvalue weighted by Crippen LogP contribution is 2.34. The molecule has 0 aromatic rings. The molecule has 102 valence electrons. The molecule has 0 aromatic heterocycles. The summed E-state index contributed by atoms with van der Waals surface area (Å²) in [4.78, 5) is 25.6. The van der Waals surface area contributed by atoms with Gasteiger partial charge in [0.2, 0.25) is 5.91 Å². The van der Waals surface area contributed by atoms with E-state index in [-0.39, 0.29) is 11.3 Å². The topological polar surface area (TPSA) is 69.6 Å². The molecule has 18 heavy (non-hydrogen) atoms. The van der Waals surface area contributed by atoms with E-state index in [1.165, 1.54) is 0 Å². The van der Waals surface area contributed by atoms with Gasteiger partial charge in [-0.25, -0.2) is 4.79 Å². The lowest BCUT2D eigenvalue weighted by atomic mass is 9.81. The monoisotopic (exact) mass is 254 g/mol. The van der Waals surface area contributed by atoms with Crippen molar-refractivity contribution in [3.05, 3.63) is 0 Å². The number of amides is 1. The predicted molar refractivity (Wildman–Crippen MR) is 67.2 cm³/mol. The summed E-state index contributed by atoms with van der Waals surface area (Å²) in [6.07, 6.45) is 4.02. The number of aliphatic carboxylic acids is 1. The largest absolute Gasteiger partial charge is 0.480 e. The predicted octanol–water partition coefficient (Wildman–Crippen LogP) is 0.842. The molecule has 2 saturated heterocycles. The molecule has 2 N–H and O–H groups in total. The summed E-state index contributed by atoms with van der Waals surface area (Å²) in [6, 6.07) is -0.615. The first kappa shape index (κ1) is 13.3. The fraction of sp³-hybridized carbons (Fsp3) is 0.846. The van der Waals surface area contributed by atoms with Crippen LogP contribution in [0.5, 0.6) is 0 Å². The normalized spacial score (nSPS) is 32.5. The van der Waals surface area contributed by atoms with Crippen molar-refractivity contribution in [3.63, 3.8) is 0 Å². The number of piperidine rings is 1. The van der Waals surface area contributed by atoms with Crippen molar-refractivity contribution in [2.24, 2.45) is 5.41 Å². The van der Waals surface area contributed by atoms with E-state index in [1.54, 1.807) is 4.90 Å². The number of carbonyl (C=O) groups is 2. The maximum Gasteiger partial charge on any atom is 0.326 e. The van der Waals surface area contributed by atoms with Crippen molar-refractivity contribution in [3.8, 4) is 0 Å². The Labute approximate surface area is 108 Å². The third-order valence-corrected chi connectivity index (χ3v) is 4.42. The number of hydrogen-bond acceptors (Lipinski definition) is 3. The van der Waals surface area contributed by atoms with Crippen LogP contribution in [0.1, 0.15) is 39.0 Å². The number of likely N-dealkylation sites (tertiary alicyclic amines) is 1. The quantitative estimate of drug-likeness (QED) is 0.783. The standard InChI is InChI=1S/C13H22N2O3/c1-2-13(6-7-14-9-13)12(18)15-8-4-3-5-10(15)11(16)17/h10,14H,2-9H2,1H3,(H,16,17)/t10-,13?/m0/s1. The van der Waals surface area contributed by atoms with Gasteiger partial charge in [-0.2, -0.15) is 0 Å². The zero-order valence-corrected chi connectivity index (χ0v) is 10.9. The fourth-order valence-corrected chi connectivity index (χ4v) is 3.12. The Balaban J connectivity index is 2.17. The molecule has 2 aliphatic heterocycles. The van der Waals surface area contributed by atoms with Crippen molar-refractivity contribution in [2.75, 3.05) is 19.6 Å². The summed E-state index contributed by atoms with van der Waals surface area (Å²) in [5.74, 6) is -0.817. The van der Waals surface area contributed by atoms with E-state index in [1.807, 2.05) is 6.92 Å². The van der Waals surface area contributed by atoms with E-state index in [9.17, 15) is 14.7 Å². The SMILES string of the molecule is CCC1(C(=O)N2CCCC[C@H]2C(=O)O)CCNC1. The molecule has 2 atom stereocenters. The first-order valence-electron chi connectivity index (χ1n) is 6.85. The Bertz CT molecular complexity index is 337. The minimum absolute atomic E-state index is 0.0436. The number of nitrogens with zero attached hydrogens (tertiary/aromatic N) is 1. The summed E-state index contributed by atoms with van der Waals surface area (Å²) in [5, 5.41) is 12.5. The number of carboxylic acids is 1. The maximum atomic E-state index is 12.7. The molecule has 1 amide bonds. The Morgan fingerprint density at radius 2 is 2.22 bits per heavy atom. The molecule has 0 saturated carbocycles. The molecule has 0 spiro atoms. The van der Waals surface area contributed by atoms with Crippen LogP contribution in [0.3, 0.4) is 0 Å². The van der Waals surface area contributed by atoms with Crippen LogP contribution in [0.2, 0.25) is 0 Å². The first-order valence-corrected chi connectivity index (χ1v) is 6.85. The summed E-state index contributed by atoms with van der Waals surface area (Å²) in [6.45, 7) is 4.15. The molecule has 2 heterocycles. The minimum Gasteiger partial charge on any atom is -0.480 e. The Kier molecular flexibility index (Phi) is 3.90. The molecule has 5 nitrogen and oxygen atoms in total. The molecular weight excluding hydrogens is 232 g/mol. The van der Waals surface area contributed by atoms with Crippen molar-refractivity contribution >= 4 is 11.9 Å². The molecule has 5 heteroatoms. The third-order valence-electron chi connectivity index (χ3n) is 4.42. The third kappa shape index (κ3) is 2.23. The molecule has 0 aromatic carbocycles. The van der Waals surface area contributed by atoms with E-state index in [2.05, 4.69) is 5.32 Å². The highest BCUT2D eigenvalue weighted by atomic mass is 16.4. The summed E-state index contributed by atoms with van der Waals surface area (Å²) >= 11 is 0. The minimum atomic E-state index is -0.861. The van der Waals surface area contributed by atoms with Gasteiger partial charge in [0.05, 0.1) is 5.41 Å². The number of hydrogen-bond donors (Lipinski definition) is 2. The molecule has 1 unspecified atom stereocenters. The fourth-order valence-electron chi connectivity index (χ4n) is 3.12. The van der Waals surface area contributed by atoms with Gasteiger partial charge in [0, 0.05) is 13.1 Å². The second-order valence-corrected chi connectivity index (χ2v) is 5.41. The second-order valence-electron chi connectivity index (χ2n) is 5.41. The Hall–Kier alpha value is -1.10. The zero-order chi connectivity index (χ0) is 13.2. The number of carboxylic acid groups (broad SMARTS) is 1. The highest BCUT2D eigenvalue weighted by molar-refractivity contribution is 5.88. The summed E-state index contributed by atoms with van der Waals surface area (Å²) in [5.41, 5.74) is -0.370. The smallest absolute Gasteiger partial charge is 0.326 e. The van der Waals surface area contributed by atoms with Crippen LogP contribution < -0.4 is 5.32 Å².